The minimum atomic E-state index is -1.61. The Kier molecular flexibility index (Phi) is 11.1. The van der Waals surface area contributed by atoms with Crippen molar-refractivity contribution in [3.8, 4) is 0 Å². The van der Waals surface area contributed by atoms with Gasteiger partial charge in [-0.25, -0.2) is 4.79 Å². The van der Waals surface area contributed by atoms with Crippen LogP contribution in [0.2, 0.25) is 0 Å². The summed E-state index contributed by atoms with van der Waals surface area (Å²) >= 11 is 0. The highest BCUT2D eigenvalue weighted by Gasteiger charge is 2.35. The third kappa shape index (κ3) is 8.91. The van der Waals surface area contributed by atoms with Crippen LogP contribution in [0.3, 0.4) is 0 Å². The highest BCUT2D eigenvalue weighted by Crippen LogP contribution is 2.45. The quantitative estimate of drug-likeness (QED) is 0.233. The first-order valence-electron chi connectivity index (χ1n) is 12.3. The van der Waals surface area contributed by atoms with Gasteiger partial charge in [-0.05, 0) is 67.0 Å². The summed E-state index contributed by atoms with van der Waals surface area (Å²) in [4.78, 5) is 10.7. The molecule has 178 valence electrons. The van der Waals surface area contributed by atoms with E-state index < -0.39 is 14.0 Å². The fourth-order valence-electron chi connectivity index (χ4n) is 5.24. The molecule has 31 heavy (non-hydrogen) atoms. The average molecular weight is 453 g/mol. The van der Waals surface area contributed by atoms with Crippen LogP contribution in [0.4, 0.5) is 0 Å². The van der Waals surface area contributed by atoms with Gasteiger partial charge in [0.2, 0.25) is 0 Å². The van der Waals surface area contributed by atoms with Gasteiger partial charge in [-0.3, -0.25) is 0 Å². The van der Waals surface area contributed by atoms with Crippen molar-refractivity contribution in [2.75, 3.05) is 0 Å². The number of carboxylic acids is 1. The molecule has 2 fully saturated rings. The van der Waals surface area contributed by atoms with Crippen LogP contribution in [-0.4, -0.2) is 29.1 Å². The Morgan fingerprint density at radius 3 is 1.74 bits per heavy atom. The maximum absolute atomic E-state index is 10.7. The van der Waals surface area contributed by atoms with Crippen molar-refractivity contribution in [3.05, 3.63) is 24.3 Å². The Labute approximate surface area is 191 Å². The van der Waals surface area contributed by atoms with Gasteiger partial charge < -0.3 is 14.2 Å². The molecule has 0 saturated heterocycles. The Hall–Kier alpha value is -0.830. The zero-order chi connectivity index (χ0) is 23.0. The fourth-order valence-corrected chi connectivity index (χ4v) is 6.86. The van der Waals surface area contributed by atoms with E-state index in [0.29, 0.717) is 35.5 Å². The second kappa shape index (κ2) is 13.0. The lowest BCUT2D eigenvalue weighted by Crippen LogP contribution is -2.35. The third-order valence-electron chi connectivity index (χ3n) is 7.15. The summed E-state index contributed by atoms with van der Waals surface area (Å²) in [5.74, 6) is 4.87. The van der Waals surface area contributed by atoms with Crippen LogP contribution in [0.1, 0.15) is 80.1 Å². The van der Waals surface area contributed by atoms with Gasteiger partial charge >= 0.3 is 5.97 Å². The molecule has 0 aromatic heterocycles. The van der Waals surface area contributed by atoms with E-state index in [2.05, 4.69) is 47.3 Å². The van der Waals surface area contributed by atoms with Crippen LogP contribution in [-0.2, 0) is 13.8 Å². The van der Waals surface area contributed by atoms with E-state index in [0.717, 1.165) is 18.9 Å². The van der Waals surface area contributed by atoms with Crippen molar-refractivity contribution in [1.29, 1.82) is 0 Å². The van der Waals surface area contributed by atoms with Gasteiger partial charge in [0.15, 0.2) is 0 Å². The molecule has 2 aliphatic carbocycles. The van der Waals surface area contributed by atoms with Gasteiger partial charge in [0.1, 0.15) is 8.00 Å². The first-order valence-corrected chi connectivity index (χ1v) is 13.7. The second-order valence-electron chi connectivity index (χ2n) is 10.5. The fraction of sp³-hybridized carbons (Fsp3) is 0.769. The summed E-state index contributed by atoms with van der Waals surface area (Å²) in [6.45, 7) is 13.9. The largest absolute Gasteiger partial charge is 0.478 e. The molecule has 2 aliphatic rings. The van der Waals surface area contributed by atoms with E-state index in [9.17, 15) is 4.79 Å². The van der Waals surface area contributed by atoms with Crippen LogP contribution in [0, 0.1) is 35.5 Å². The standard InChI is InChI=1S/C26H45O4P/c1-18(2)22-13-11-20(5)16-24(22)29-31(15-9-7-8-10-26(27)28)30-25-17-21(6)12-14-23(25)19(3)4/h7-10,15,18-25,31H,11-14,16-17H2,1-6H3,(H,27,28)/b9-7+,10-8+. The van der Waals surface area contributed by atoms with Crippen molar-refractivity contribution in [3.63, 3.8) is 0 Å². The highest BCUT2D eigenvalue weighted by molar-refractivity contribution is 7.47. The molecule has 6 atom stereocenters. The lowest BCUT2D eigenvalue weighted by molar-refractivity contribution is -0.131. The summed E-state index contributed by atoms with van der Waals surface area (Å²) < 4.78 is 13.5. The molecule has 1 N–H and O–H groups in total. The molecule has 0 aliphatic heterocycles. The molecule has 0 aromatic carbocycles. The van der Waals surface area contributed by atoms with Crippen molar-refractivity contribution < 1.29 is 18.9 Å². The topological polar surface area (TPSA) is 55.8 Å². The van der Waals surface area contributed by atoms with Gasteiger partial charge in [-0.2, -0.15) is 0 Å². The summed E-state index contributed by atoms with van der Waals surface area (Å²) in [5.41, 5.74) is 0. The Bertz CT molecular complexity index is 616. The Morgan fingerprint density at radius 1 is 0.839 bits per heavy atom. The maximum atomic E-state index is 10.7. The molecule has 6 unspecified atom stereocenters. The smallest absolute Gasteiger partial charge is 0.328 e. The van der Waals surface area contributed by atoms with Crippen molar-refractivity contribution >= 4 is 19.8 Å². The van der Waals surface area contributed by atoms with Crippen LogP contribution in [0.5, 0.6) is 0 Å². The number of rotatable bonds is 9. The first-order chi connectivity index (χ1) is 14.7. The van der Waals surface area contributed by atoms with E-state index in [4.69, 9.17) is 14.2 Å². The molecular formula is C26H45O4P. The lowest BCUT2D eigenvalue weighted by atomic mass is 9.75. The Balaban J connectivity index is 2.21. The normalized spacial score (nSPS) is 33.4. The average Bonchev–Trinajstić information content (AvgIpc) is 2.67. The van der Waals surface area contributed by atoms with Crippen LogP contribution in [0.25, 0.3) is 0 Å². The van der Waals surface area contributed by atoms with E-state index >= 15 is 0 Å². The molecule has 0 spiro atoms. The number of allylic oxidation sites excluding steroid dienone is 3. The number of carboxylic acid groups (broad SMARTS) is 1. The summed E-state index contributed by atoms with van der Waals surface area (Å²) in [6, 6.07) is 0. The van der Waals surface area contributed by atoms with E-state index in [1.807, 2.05) is 6.08 Å². The summed E-state index contributed by atoms with van der Waals surface area (Å²) in [6.07, 6.45) is 14.1. The molecule has 0 aromatic rings. The molecule has 5 heteroatoms. The number of hydrogen-bond acceptors (Lipinski definition) is 3. The Morgan fingerprint density at radius 2 is 1.32 bits per heavy atom. The highest BCUT2D eigenvalue weighted by atomic mass is 31.1. The second-order valence-corrected chi connectivity index (χ2v) is 12.0. The maximum Gasteiger partial charge on any atom is 0.328 e. The van der Waals surface area contributed by atoms with Gasteiger partial charge in [-0.1, -0.05) is 72.6 Å². The number of aliphatic carboxylic acids is 1. The summed E-state index contributed by atoms with van der Waals surface area (Å²) in [5, 5.41) is 8.79. The lowest BCUT2D eigenvalue weighted by Gasteiger charge is -2.40. The molecule has 0 heterocycles. The predicted octanol–water partition coefficient (Wildman–Crippen LogP) is 6.98. The third-order valence-corrected chi connectivity index (χ3v) is 8.69. The zero-order valence-electron chi connectivity index (χ0n) is 20.4. The van der Waals surface area contributed by atoms with E-state index in [-0.39, 0.29) is 12.2 Å². The molecule has 4 nitrogen and oxygen atoms in total. The number of hydrogen-bond donors (Lipinski definition) is 1. The van der Waals surface area contributed by atoms with Crippen molar-refractivity contribution in [1.82, 2.24) is 0 Å². The molecule has 0 radical (unpaired) electrons. The summed E-state index contributed by atoms with van der Waals surface area (Å²) in [7, 11) is -1.61. The molecule has 0 bridgehead atoms. The molecule has 0 amide bonds. The zero-order valence-corrected chi connectivity index (χ0v) is 21.4. The minimum Gasteiger partial charge on any atom is -0.478 e. The van der Waals surface area contributed by atoms with Crippen LogP contribution in [0.15, 0.2) is 24.3 Å². The van der Waals surface area contributed by atoms with Crippen LogP contribution >= 0.6 is 8.00 Å². The van der Waals surface area contributed by atoms with Crippen molar-refractivity contribution in [2.45, 2.75) is 92.3 Å². The molecule has 2 saturated carbocycles. The van der Waals surface area contributed by atoms with E-state index in [1.165, 1.54) is 25.7 Å². The number of carbonyl (C=O) groups is 1. The van der Waals surface area contributed by atoms with Gasteiger partial charge in [0.25, 0.3) is 0 Å². The minimum absolute atomic E-state index is 0.246. The van der Waals surface area contributed by atoms with Gasteiger partial charge in [0.05, 0.1) is 12.2 Å². The predicted molar refractivity (Wildman–Crippen MR) is 133 cm³/mol. The van der Waals surface area contributed by atoms with Crippen molar-refractivity contribution in [2.24, 2.45) is 35.5 Å². The first kappa shape index (κ1) is 26.4. The van der Waals surface area contributed by atoms with Gasteiger partial charge in [-0.15, -0.1) is 0 Å². The molecular weight excluding hydrogens is 407 g/mol. The SMILES string of the molecule is CC1CCC(C(C)C)C(O[PH](=C/C=C/C=C/C(=O)O)OC2CC(C)CCC2C(C)C)C1. The monoisotopic (exact) mass is 452 g/mol. The van der Waals surface area contributed by atoms with Gasteiger partial charge in [0, 0.05) is 6.08 Å². The van der Waals surface area contributed by atoms with Crippen LogP contribution < -0.4 is 0 Å². The molecule has 2 rings (SSSR count). The van der Waals surface area contributed by atoms with E-state index in [1.54, 1.807) is 12.2 Å².